The summed E-state index contributed by atoms with van der Waals surface area (Å²) >= 11 is 8.05. The van der Waals surface area contributed by atoms with Gasteiger partial charge in [-0.05, 0) is 61.4 Å². The molecule has 0 saturated heterocycles. The molecule has 2 aromatic carbocycles. The predicted octanol–water partition coefficient (Wildman–Crippen LogP) is 5.39. The summed E-state index contributed by atoms with van der Waals surface area (Å²) in [6.07, 6.45) is 1.10. The first-order chi connectivity index (χ1) is 10.3. The number of fused-ring (bicyclic) bond motifs is 1. The number of nitrogens with one attached hydrogen (secondary N) is 1. The quantitative estimate of drug-likeness (QED) is 0.816. The fourth-order valence-electron chi connectivity index (χ4n) is 2.53. The summed E-state index contributed by atoms with van der Waals surface area (Å²) in [5, 5.41) is 4.41. The van der Waals surface area contributed by atoms with Gasteiger partial charge >= 0.3 is 0 Å². The Kier molecular flexibility index (Phi) is 4.61. The summed E-state index contributed by atoms with van der Waals surface area (Å²) in [5.74, 6) is 2.04. The molecule has 0 spiro atoms. The number of thioether (sulfide) groups is 1. The zero-order chi connectivity index (χ0) is 14.7. The second kappa shape index (κ2) is 6.63. The Morgan fingerprint density at radius 2 is 2.05 bits per heavy atom. The van der Waals surface area contributed by atoms with Crippen molar-refractivity contribution in [2.24, 2.45) is 0 Å². The normalized spacial score (nSPS) is 17.1. The van der Waals surface area contributed by atoms with Gasteiger partial charge in [-0.1, -0.05) is 11.6 Å². The van der Waals surface area contributed by atoms with E-state index in [9.17, 15) is 0 Å². The van der Waals surface area contributed by atoms with E-state index in [-0.39, 0.29) is 0 Å². The molecule has 0 aliphatic carbocycles. The van der Waals surface area contributed by atoms with Gasteiger partial charge in [-0.25, -0.2) is 0 Å². The lowest BCUT2D eigenvalue weighted by molar-refractivity contribution is 0.340. The summed E-state index contributed by atoms with van der Waals surface area (Å²) in [6, 6.07) is 14.6. The van der Waals surface area contributed by atoms with Crippen molar-refractivity contribution in [3.05, 3.63) is 53.1 Å². The van der Waals surface area contributed by atoms with Gasteiger partial charge in [-0.3, -0.25) is 0 Å². The van der Waals surface area contributed by atoms with Crippen LogP contribution in [-0.2, 0) is 0 Å². The van der Waals surface area contributed by atoms with Gasteiger partial charge in [0.1, 0.15) is 5.75 Å². The molecule has 4 heteroatoms. The Morgan fingerprint density at radius 1 is 1.24 bits per heavy atom. The van der Waals surface area contributed by atoms with Crippen molar-refractivity contribution in [1.82, 2.24) is 0 Å². The summed E-state index contributed by atoms with van der Waals surface area (Å²) in [5.41, 5.74) is 2.41. The van der Waals surface area contributed by atoms with Gasteiger partial charge in [0.15, 0.2) is 0 Å². The fourth-order valence-corrected chi connectivity index (χ4v) is 3.82. The highest BCUT2D eigenvalue weighted by molar-refractivity contribution is 7.99. The van der Waals surface area contributed by atoms with Gasteiger partial charge in [0.25, 0.3) is 0 Å². The minimum absolute atomic E-state index is 0.317. The molecule has 2 aromatic rings. The van der Waals surface area contributed by atoms with E-state index >= 15 is 0 Å². The molecular weight excluding hydrogens is 302 g/mol. The SMILES string of the molecule is CCOc1ccc(NC2CCSc3ccc(Cl)cc32)cc1. The lowest BCUT2D eigenvalue weighted by Crippen LogP contribution is -2.16. The van der Waals surface area contributed by atoms with E-state index in [0.717, 1.165) is 28.6 Å². The average molecular weight is 320 g/mol. The Morgan fingerprint density at radius 3 is 2.81 bits per heavy atom. The smallest absolute Gasteiger partial charge is 0.119 e. The van der Waals surface area contributed by atoms with Crippen LogP contribution >= 0.6 is 23.4 Å². The van der Waals surface area contributed by atoms with Crippen molar-refractivity contribution < 1.29 is 4.74 Å². The molecule has 1 heterocycles. The summed E-state index contributed by atoms with van der Waals surface area (Å²) in [7, 11) is 0. The molecule has 0 saturated carbocycles. The molecule has 21 heavy (non-hydrogen) atoms. The van der Waals surface area contributed by atoms with Crippen molar-refractivity contribution in [3.8, 4) is 5.75 Å². The van der Waals surface area contributed by atoms with Gasteiger partial charge in [-0.2, -0.15) is 0 Å². The molecule has 3 rings (SSSR count). The third-order valence-corrected chi connectivity index (χ3v) is 4.88. The standard InChI is InChI=1S/C17H18ClNOS/c1-2-20-14-6-4-13(5-7-14)19-16-9-10-21-17-8-3-12(18)11-15(16)17/h3-8,11,16,19H,2,9-10H2,1H3. The number of hydrogen-bond acceptors (Lipinski definition) is 3. The van der Waals surface area contributed by atoms with Crippen molar-refractivity contribution in [2.45, 2.75) is 24.3 Å². The number of anilines is 1. The van der Waals surface area contributed by atoms with Crippen LogP contribution in [-0.4, -0.2) is 12.4 Å². The minimum atomic E-state index is 0.317. The highest BCUT2D eigenvalue weighted by Crippen LogP contribution is 2.39. The van der Waals surface area contributed by atoms with Crippen LogP contribution in [0.25, 0.3) is 0 Å². The maximum absolute atomic E-state index is 6.15. The van der Waals surface area contributed by atoms with Crippen LogP contribution in [0.2, 0.25) is 5.02 Å². The van der Waals surface area contributed by atoms with Gasteiger partial charge in [-0.15, -0.1) is 11.8 Å². The number of benzene rings is 2. The van der Waals surface area contributed by atoms with Crippen molar-refractivity contribution >= 4 is 29.1 Å². The average Bonchev–Trinajstić information content (AvgIpc) is 2.50. The number of hydrogen-bond donors (Lipinski definition) is 1. The van der Waals surface area contributed by atoms with E-state index in [1.165, 1.54) is 10.5 Å². The highest BCUT2D eigenvalue weighted by atomic mass is 35.5. The van der Waals surface area contributed by atoms with E-state index in [4.69, 9.17) is 16.3 Å². The highest BCUT2D eigenvalue weighted by Gasteiger charge is 2.20. The molecule has 0 aromatic heterocycles. The van der Waals surface area contributed by atoms with E-state index in [2.05, 4.69) is 29.6 Å². The van der Waals surface area contributed by atoms with Crippen LogP contribution in [0.1, 0.15) is 24.9 Å². The van der Waals surface area contributed by atoms with Gasteiger partial charge in [0.05, 0.1) is 12.6 Å². The van der Waals surface area contributed by atoms with Crippen molar-refractivity contribution in [1.29, 1.82) is 0 Å². The zero-order valence-corrected chi connectivity index (χ0v) is 13.5. The van der Waals surface area contributed by atoms with Gasteiger partial charge in [0, 0.05) is 21.4 Å². The first-order valence-corrected chi connectivity index (χ1v) is 8.54. The Balaban J connectivity index is 1.78. The largest absolute Gasteiger partial charge is 0.494 e. The summed E-state index contributed by atoms with van der Waals surface area (Å²) < 4.78 is 5.47. The second-order valence-electron chi connectivity index (χ2n) is 4.97. The predicted molar refractivity (Wildman–Crippen MR) is 90.8 cm³/mol. The Labute approximate surface area is 134 Å². The molecule has 1 atom stereocenters. The van der Waals surface area contributed by atoms with E-state index in [1.54, 1.807) is 0 Å². The lowest BCUT2D eigenvalue weighted by atomic mass is 10.0. The van der Waals surface area contributed by atoms with Crippen LogP contribution in [0.15, 0.2) is 47.4 Å². The first-order valence-electron chi connectivity index (χ1n) is 7.18. The van der Waals surface area contributed by atoms with Crippen LogP contribution in [0.3, 0.4) is 0 Å². The second-order valence-corrected chi connectivity index (χ2v) is 6.55. The summed E-state index contributed by atoms with van der Waals surface area (Å²) in [6.45, 7) is 2.69. The van der Waals surface area contributed by atoms with Crippen molar-refractivity contribution in [3.63, 3.8) is 0 Å². The fraction of sp³-hybridized carbons (Fsp3) is 0.294. The molecule has 0 fully saturated rings. The van der Waals surface area contributed by atoms with Gasteiger partial charge in [0.2, 0.25) is 0 Å². The van der Waals surface area contributed by atoms with Crippen molar-refractivity contribution in [2.75, 3.05) is 17.7 Å². The maximum Gasteiger partial charge on any atom is 0.119 e. The third kappa shape index (κ3) is 3.47. The molecular formula is C17H18ClNOS. The molecule has 1 unspecified atom stereocenters. The topological polar surface area (TPSA) is 21.3 Å². The molecule has 0 amide bonds. The maximum atomic E-state index is 6.15. The number of rotatable bonds is 4. The van der Waals surface area contributed by atoms with E-state index < -0.39 is 0 Å². The molecule has 110 valence electrons. The molecule has 1 N–H and O–H groups in total. The minimum Gasteiger partial charge on any atom is -0.494 e. The number of halogens is 1. The van der Waals surface area contributed by atoms with Crippen LogP contribution in [0.5, 0.6) is 5.75 Å². The van der Waals surface area contributed by atoms with Crippen LogP contribution < -0.4 is 10.1 Å². The number of ether oxygens (including phenoxy) is 1. The molecule has 0 bridgehead atoms. The van der Waals surface area contributed by atoms with E-state index in [1.807, 2.05) is 36.9 Å². The molecule has 2 nitrogen and oxygen atoms in total. The van der Waals surface area contributed by atoms with E-state index in [0.29, 0.717) is 12.6 Å². The van der Waals surface area contributed by atoms with Gasteiger partial charge < -0.3 is 10.1 Å². The Bertz CT molecular complexity index is 615. The molecule has 1 aliphatic rings. The Hall–Kier alpha value is -1.32. The monoisotopic (exact) mass is 319 g/mol. The van der Waals surface area contributed by atoms with Crippen LogP contribution in [0.4, 0.5) is 5.69 Å². The van der Waals surface area contributed by atoms with Crippen LogP contribution in [0, 0.1) is 0 Å². The molecule has 1 aliphatic heterocycles. The molecule has 0 radical (unpaired) electrons. The summed E-state index contributed by atoms with van der Waals surface area (Å²) in [4.78, 5) is 1.33. The first kappa shape index (κ1) is 14.6. The zero-order valence-electron chi connectivity index (χ0n) is 11.9. The third-order valence-electron chi connectivity index (χ3n) is 3.52. The lowest BCUT2D eigenvalue weighted by Gasteiger charge is -2.27.